The fraction of sp³-hybridized carbons (Fsp3) is 1.00. The monoisotopic (exact) mass is 183 g/mol. The molecule has 0 spiro atoms. The van der Waals surface area contributed by atoms with Crippen LogP contribution in [0.15, 0.2) is 0 Å². The van der Waals surface area contributed by atoms with Gasteiger partial charge in [-0.1, -0.05) is 0 Å². The van der Waals surface area contributed by atoms with Crippen molar-refractivity contribution < 1.29 is 0 Å². The Kier molecular flexibility index (Phi) is 3.19. The number of nitrogens with one attached hydrogen (secondary N) is 1. The summed E-state index contributed by atoms with van der Waals surface area (Å²) in [7, 11) is 0. The van der Waals surface area contributed by atoms with Gasteiger partial charge in [-0.15, -0.1) is 0 Å². The number of rotatable bonds is 1. The molecular weight excluding hydrogens is 162 g/mol. The smallest absolute Gasteiger partial charge is 0.0131 e. The van der Waals surface area contributed by atoms with Gasteiger partial charge in [0.1, 0.15) is 0 Å². The van der Waals surface area contributed by atoms with E-state index in [4.69, 9.17) is 5.84 Å². The van der Waals surface area contributed by atoms with Crippen LogP contribution < -0.4 is 11.2 Å². The van der Waals surface area contributed by atoms with Gasteiger partial charge in [0.2, 0.25) is 0 Å². The van der Waals surface area contributed by atoms with Gasteiger partial charge in [-0.2, -0.15) is 0 Å². The first-order valence-electron chi connectivity index (χ1n) is 5.56. The Morgan fingerprint density at radius 2 is 1.46 bits per heavy atom. The quantitative estimate of drug-likeness (QED) is 0.584. The van der Waals surface area contributed by atoms with E-state index in [0.29, 0.717) is 0 Å². The Morgan fingerprint density at radius 1 is 0.923 bits per heavy atom. The van der Waals surface area contributed by atoms with Gasteiger partial charge in [-0.25, -0.2) is 5.01 Å². The zero-order valence-corrected chi connectivity index (χ0v) is 8.34. The van der Waals surface area contributed by atoms with E-state index in [-0.39, 0.29) is 0 Å². The summed E-state index contributed by atoms with van der Waals surface area (Å²) < 4.78 is 0. The van der Waals surface area contributed by atoms with Crippen molar-refractivity contribution in [3.05, 3.63) is 0 Å². The molecule has 0 aliphatic carbocycles. The van der Waals surface area contributed by atoms with Crippen LogP contribution in [0.4, 0.5) is 0 Å². The van der Waals surface area contributed by atoms with Crippen LogP contribution in [-0.2, 0) is 0 Å². The summed E-state index contributed by atoms with van der Waals surface area (Å²) in [5.74, 6) is 7.69. The van der Waals surface area contributed by atoms with Crippen LogP contribution >= 0.6 is 0 Å². The van der Waals surface area contributed by atoms with Crippen LogP contribution in [0.25, 0.3) is 0 Å². The molecule has 2 heterocycles. The lowest BCUT2D eigenvalue weighted by molar-refractivity contribution is 0.132. The third kappa shape index (κ3) is 2.42. The van der Waals surface area contributed by atoms with Crippen molar-refractivity contribution in [3.8, 4) is 0 Å². The fourth-order valence-corrected chi connectivity index (χ4v) is 2.71. The summed E-state index contributed by atoms with van der Waals surface area (Å²) in [5, 5.41) is 5.40. The molecule has 0 saturated carbocycles. The van der Waals surface area contributed by atoms with E-state index >= 15 is 0 Å². The second kappa shape index (κ2) is 4.40. The van der Waals surface area contributed by atoms with Crippen molar-refractivity contribution in [2.45, 2.75) is 25.7 Å². The SMILES string of the molecule is NN1CCC(C2CCNCC2)CC1. The number of hydrazine groups is 1. The summed E-state index contributed by atoms with van der Waals surface area (Å²) in [6.07, 6.45) is 5.41. The van der Waals surface area contributed by atoms with Gasteiger partial charge in [-0.05, 0) is 50.6 Å². The molecule has 13 heavy (non-hydrogen) atoms. The second-order valence-corrected chi connectivity index (χ2v) is 4.46. The predicted molar refractivity (Wildman–Crippen MR) is 54.1 cm³/mol. The van der Waals surface area contributed by atoms with Crippen molar-refractivity contribution >= 4 is 0 Å². The highest BCUT2D eigenvalue weighted by atomic mass is 15.4. The highest BCUT2D eigenvalue weighted by molar-refractivity contribution is 4.79. The van der Waals surface area contributed by atoms with Crippen LogP contribution in [0.5, 0.6) is 0 Å². The molecular formula is C10H21N3. The fourth-order valence-electron chi connectivity index (χ4n) is 2.71. The van der Waals surface area contributed by atoms with Crippen LogP contribution in [0.3, 0.4) is 0 Å². The zero-order valence-electron chi connectivity index (χ0n) is 8.34. The molecule has 76 valence electrons. The van der Waals surface area contributed by atoms with Gasteiger partial charge in [0.05, 0.1) is 0 Å². The predicted octanol–water partition coefficient (Wildman–Crippen LogP) is 0.572. The van der Waals surface area contributed by atoms with Crippen LogP contribution in [0.1, 0.15) is 25.7 Å². The lowest BCUT2D eigenvalue weighted by Crippen LogP contribution is -2.42. The third-order valence-electron chi connectivity index (χ3n) is 3.62. The van der Waals surface area contributed by atoms with E-state index < -0.39 is 0 Å². The van der Waals surface area contributed by atoms with Crippen molar-refractivity contribution in [2.24, 2.45) is 17.7 Å². The van der Waals surface area contributed by atoms with Crippen molar-refractivity contribution in [1.82, 2.24) is 10.3 Å². The van der Waals surface area contributed by atoms with Crippen LogP contribution in [-0.4, -0.2) is 31.2 Å². The van der Waals surface area contributed by atoms with Gasteiger partial charge < -0.3 is 5.32 Å². The van der Waals surface area contributed by atoms with E-state index in [1.165, 1.54) is 38.8 Å². The molecule has 0 radical (unpaired) electrons. The van der Waals surface area contributed by atoms with Gasteiger partial charge in [-0.3, -0.25) is 5.84 Å². The topological polar surface area (TPSA) is 41.3 Å². The summed E-state index contributed by atoms with van der Waals surface area (Å²) in [5.41, 5.74) is 0. The maximum absolute atomic E-state index is 5.75. The average Bonchev–Trinajstić information content (AvgIpc) is 2.20. The second-order valence-electron chi connectivity index (χ2n) is 4.46. The van der Waals surface area contributed by atoms with E-state index in [9.17, 15) is 0 Å². The molecule has 2 fully saturated rings. The lowest BCUT2D eigenvalue weighted by Gasteiger charge is -2.36. The molecule has 0 bridgehead atoms. The van der Waals surface area contributed by atoms with E-state index in [1.54, 1.807) is 0 Å². The molecule has 0 aromatic heterocycles. The molecule has 2 aliphatic heterocycles. The van der Waals surface area contributed by atoms with Crippen LogP contribution in [0.2, 0.25) is 0 Å². The standard InChI is InChI=1S/C10H21N3/c11-13-7-3-10(4-8-13)9-1-5-12-6-2-9/h9-10,12H,1-8,11H2. The van der Waals surface area contributed by atoms with Gasteiger partial charge in [0, 0.05) is 13.1 Å². The van der Waals surface area contributed by atoms with Crippen LogP contribution in [0, 0.1) is 11.8 Å². The molecule has 0 aromatic rings. The Labute approximate surface area is 80.6 Å². The Balaban J connectivity index is 1.79. The lowest BCUT2D eigenvalue weighted by atomic mass is 9.79. The van der Waals surface area contributed by atoms with Crippen molar-refractivity contribution in [2.75, 3.05) is 26.2 Å². The molecule has 2 rings (SSSR count). The first kappa shape index (κ1) is 9.44. The summed E-state index contributed by atoms with van der Waals surface area (Å²) >= 11 is 0. The normalized spacial score (nSPS) is 29.3. The maximum Gasteiger partial charge on any atom is 0.0131 e. The molecule has 3 N–H and O–H groups in total. The first-order valence-corrected chi connectivity index (χ1v) is 5.56. The van der Waals surface area contributed by atoms with Gasteiger partial charge in [0.25, 0.3) is 0 Å². The number of nitrogens with zero attached hydrogens (tertiary/aromatic N) is 1. The maximum atomic E-state index is 5.75. The highest BCUT2D eigenvalue weighted by Crippen LogP contribution is 2.29. The zero-order chi connectivity index (χ0) is 9.10. The molecule has 0 amide bonds. The van der Waals surface area contributed by atoms with Gasteiger partial charge in [0.15, 0.2) is 0 Å². The van der Waals surface area contributed by atoms with E-state index in [1.807, 2.05) is 5.01 Å². The molecule has 3 heteroatoms. The summed E-state index contributed by atoms with van der Waals surface area (Å²) in [6, 6.07) is 0. The molecule has 2 saturated heterocycles. The number of piperidine rings is 2. The number of hydrogen-bond donors (Lipinski definition) is 2. The Morgan fingerprint density at radius 3 is 2.08 bits per heavy atom. The first-order chi connectivity index (χ1) is 6.36. The summed E-state index contributed by atoms with van der Waals surface area (Å²) in [4.78, 5) is 0. The minimum atomic E-state index is 0.960. The number of hydrogen-bond acceptors (Lipinski definition) is 3. The van der Waals surface area contributed by atoms with Crippen molar-refractivity contribution in [3.63, 3.8) is 0 Å². The molecule has 3 nitrogen and oxygen atoms in total. The highest BCUT2D eigenvalue weighted by Gasteiger charge is 2.26. The van der Waals surface area contributed by atoms with E-state index in [2.05, 4.69) is 5.32 Å². The van der Waals surface area contributed by atoms with Crippen molar-refractivity contribution in [1.29, 1.82) is 0 Å². The Bertz CT molecular complexity index is 146. The van der Waals surface area contributed by atoms with E-state index in [0.717, 1.165) is 24.9 Å². The Hall–Kier alpha value is -0.120. The number of nitrogens with two attached hydrogens (primary N) is 1. The molecule has 0 atom stereocenters. The largest absolute Gasteiger partial charge is 0.317 e. The molecule has 0 aromatic carbocycles. The van der Waals surface area contributed by atoms with Gasteiger partial charge >= 0.3 is 0 Å². The summed E-state index contributed by atoms with van der Waals surface area (Å²) in [6.45, 7) is 4.67. The molecule has 2 aliphatic rings. The third-order valence-corrected chi connectivity index (χ3v) is 3.62. The minimum absolute atomic E-state index is 0.960. The molecule has 0 unspecified atom stereocenters. The average molecular weight is 183 g/mol. The minimum Gasteiger partial charge on any atom is -0.317 e.